The molecule has 0 rings (SSSR count). The second-order valence-electron chi connectivity index (χ2n) is 30.7. The van der Waals surface area contributed by atoms with Crippen LogP contribution in [0.3, 0.4) is 0 Å². The number of phosphoric ester groups is 2. The number of aliphatic hydroxyl groups is 2. The van der Waals surface area contributed by atoms with E-state index in [4.69, 9.17) is 32.3 Å². The molecule has 5 atom stereocenters. The molecule has 0 aromatic heterocycles. The Labute approximate surface area is 736 Å². The van der Waals surface area contributed by atoms with Gasteiger partial charge in [0.05, 0.1) is 26.4 Å². The van der Waals surface area contributed by atoms with Gasteiger partial charge < -0.3 is 34.2 Å². The predicted octanol–water partition coefficient (Wildman–Crippen LogP) is 29.3. The Balaban J connectivity index is 4.66. The van der Waals surface area contributed by atoms with Crippen molar-refractivity contribution in [3.05, 3.63) is 219 Å². The van der Waals surface area contributed by atoms with Crippen LogP contribution in [0, 0.1) is 0 Å². The molecule has 0 aliphatic rings. The smallest absolute Gasteiger partial charge is 0.463 e. The third-order valence-electron chi connectivity index (χ3n) is 19.2. The fourth-order valence-corrected chi connectivity index (χ4v) is 13.8. The molecule has 0 aromatic carbocycles. The van der Waals surface area contributed by atoms with Gasteiger partial charge >= 0.3 is 33.6 Å². The number of rotatable bonds is 87. The van der Waals surface area contributed by atoms with Gasteiger partial charge in [-0.15, -0.1) is 0 Å². The third-order valence-corrected chi connectivity index (χ3v) is 21.1. The van der Waals surface area contributed by atoms with Gasteiger partial charge in [0.2, 0.25) is 0 Å². The van der Waals surface area contributed by atoms with Crippen molar-refractivity contribution in [2.75, 3.05) is 39.6 Å². The highest BCUT2D eigenvalue weighted by atomic mass is 31.2. The van der Waals surface area contributed by atoms with Crippen molar-refractivity contribution in [3.63, 3.8) is 0 Å². The van der Waals surface area contributed by atoms with Crippen LogP contribution in [0.25, 0.3) is 0 Å². The van der Waals surface area contributed by atoms with Crippen molar-refractivity contribution in [2.45, 2.75) is 373 Å². The quantitative estimate of drug-likeness (QED) is 0.0146. The summed E-state index contributed by atoms with van der Waals surface area (Å²) < 4.78 is 61.5. The molecule has 0 heterocycles. The van der Waals surface area contributed by atoms with Crippen LogP contribution in [-0.4, -0.2) is 95.9 Å². The summed E-state index contributed by atoms with van der Waals surface area (Å²) in [7, 11) is -9.83. The zero-order chi connectivity index (χ0) is 87.9. The first-order valence-corrected chi connectivity index (χ1v) is 50.0. The van der Waals surface area contributed by atoms with E-state index in [-0.39, 0.29) is 19.3 Å². The third kappa shape index (κ3) is 94.4. The number of unbranched alkanes of at least 4 members (excludes halogenated alkanes) is 28. The lowest BCUT2D eigenvalue weighted by Gasteiger charge is -2.21. The Morgan fingerprint density at radius 2 is 0.413 bits per heavy atom. The van der Waals surface area contributed by atoms with Gasteiger partial charge in [-0.3, -0.25) is 32.5 Å². The summed E-state index contributed by atoms with van der Waals surface area (Å²) in [5.41, 5.74) is 0. The maximum absolute atomic E-state index is 13.1. The number of ether oxygens (including phenoxy) is 3. The summed E-state index contributed by atoms with van der Waals surface area (Å²) in [6.45, 7) is 2.33. The van der Waals surface area contributed by atoms with E-state index in [0.29, 0.717) is 19.3 Å². The van der Waals surface area contributed by atoms with Gasteiger partial charge in [-0.25, -0.2) is 9.13 Å². The fraction of sp³-hybridized carbons (Fsp3) is 0.621. The van der Waals surface area contributed by atoms with Crippen LogP contribution >= 0.6 is 15.6 Å². The normalized spacial score (nSPS) is 14.7. The highest BCUT2D eigenvalue weighted by Crippen LogP contribution is 2.45. The zero-order valence-electron chi connectivity index (χ0n) is 75.6. The monoisotopic (exact) mass is 1720 g/mol. The first kappa shape index (κ1) is 115. The number of carbonyl (C=O) groups excluding carboxylic acids is 3. The van der Waals surface area contributed by atoms with E-state index < -0.39 is 91.5 Å². The van der Waals surface area contributed by atoms with Crippen LogP contribution in [0.4, 0.5) is 0 Å². The minimum Gasteiger partial charge on any atom is -0.463 e. The molecule has 0 aliphatic carbocycles. The molecule has 18 heteroatoms. The Morgan fingerprint density at radius 3 is 0.653 bits per heavy atom. The van der Waals surface area contributed by atoms with Gasteiger partial charge in [0.25, 0.3) is 0 Å². The number of hydrogen-bond donors (Lipinski definition) is 4. The number of aliphatic hydroxyl groups excluding tert-OH is 2. The Hall–Kier alpha value is -6.13. The Morgan fingerprint density at radius 1 is 0.231 bits per heavy atom. The molecule has 0 amide bonds. The van der Waals surface area contributed by atoms with Crippen molar-refractivity contribution in [2.24, 2.45) is 0 Å². The van der Waals surface area contributed by atoms with Crippen LogP contribution in [0.5, 0.6) is 0 Å². The lowest BCUT2D eigenvalue weighted by atomic mass is 10.0. The van der Waals surface area contributed by atoms with E-state index in [0.717, 1.165) is 225 Å². The number of hydrogen-bond acceptors (Lipinski definition) is 14. The molecule has 0 aromatic rings. The molecule has 4 N–H and O–H groups in total. The molecule has 16 nitrogen and oxygen atoms in total. The van der Waals surface area contributed by atoms with Crippen molar-refractivity contribution >= 4 is 33.6 Å². The van der Waals surface area contributed by atoms with Gasteiger partial charge in [-0.1, -0.05) is 381 Å². The van der Waals surface area contributed by atoms with Gasteiger partial charge in [-0.05, 0) is 173 Å². The van der Waals surface area contributed by atoms with Crippen LogP contribution in [-0.2, 0) is 55.8 Å². The zero-order valence-corrected chi connectivity index (χ0v) is 77.4. The molecular weight excluding hydrogens is 1560 g/mol. The van der Waals surface area contributed by atoms with E-state index in [2.05, 4.69) is 240 Å². The van der Waals surface area contributed by atoms with E-state index in [9.17, 15) is 43.5 Å². The van der Waals surface area contributed by atoms with Crippen molar-refractivity contribution < 1.29 is 75.8 Å². The number of carbonyl (C=O) groups is 3. The minimum atomic E-state index is -4.96. The Bertz CT molecular complexity index is 3080. The molecule has 0 fully saturated rings. The standard InChI is InChI=1S/C103H168O16P2/c1-4-7-10-13-16-19-22-25-28-31-34-37-40-43-45-46-47-48-49-50-52-55-56-59-62-65-68-71-74-77-80-83-86-89-101(106)113-92-98(104)93-115-120(109,110)116-94-99(105)95-117-121(111,112)118-97-100(119-103(108)91-88-85-82-79-76-73-70-67-64-61-58-53-42-39-36-33-30-27-24-21-18-15-12-9-6-3)96-114-102(107)90-87-84-81-78-75-72-69-66-63-60-57-54-51-44-41-38-35-32-29-26-23-20-17-14-11-8-5-2/h7-12,16-21,25-30,34-39,43-45,47-48,51,53,57-58,60,64,67,98-100,104-105H,4-6,13-15,22-24,31-33,40-42,46,49-50,52,54-56,59,61-63,65-66,68-97H2,1-3H3,(H,109,110)(H,111,112)/b10-7-,11-8-,12-9-,19-16-,20-17-,21-18-,28-25-,29-26-,30-27-,37-34-,38-35-,39-36-,45-43-,48-47-,51-44-,58-53-,60-57-,67-64-. The van der Waals surface area contributed by atoms with Crippen LogP contribution in [0.1, 0.15) is 355 Å². The first-order valence-electron chi connectivity index (χ1n) is 47.0. The van der Waals surface area contributed by atoms with Crippen LogP contribution < -0.4 is 0 Å². The largest absolute Gasteiger partial charge is 0.472 e. The molecule has 0 aliphatic heterocycles. The van der Waals surface area contributed by atoms with Crippen LogP contribution in [0.2, 0.25) is 0 Å². The Kier molecular flexibility index (Phi) is 88.3. The second-order valence-corrected chi connectivity index (χ2v) is 33.6. The van der Waals surface area contributed by atoms with Crippen molar-refractivity contribution in [1.29, 1.82) is 0 Å². The maximum atomic E-state index is 13.1. The van der Waals surface area contributed by atoms with E-state index in [1.165, 1.54) is 70.6 Å². The average molecular weight is 1720 g/mol. The highest BCUT2D eigenvalue weighted by Gasteiger charge is 2.29. The molecule has 121 heavy (non-hydrogen) atoms. The highest BCUT2D eigenvalue weighted by molar-refractivity contribution is 7.47. The average Bonchev–Trinajstić information content (AvgIpc) is 0.908. The number of phosphoric acid groups is 2. The van der Waals surface area contributed by atoms with E-state index >= 15 is 0 Å². The summed E-state index contributed by atoms with van der Waals surface area (Å²) >= 11 is 0. The molecule has 0 saturated carbocycles. The molecule has 686 valence electrons. The van der Waals surface area contributed by atoms with Crippen molar-refractivity contribution in [1.82, 2.24) is 0 Å². The first-order chi connectivity index (χ1) is 59.2. The van der Waals surface area contributed by atoms with E-state index in [1.807, 2.05) is 0 Å². The van der Waals surface area contributed by atoms with Crippen molar-refractivity contribution in [3.8, 4) is 0 Å². The molecule has 0 spiro atoms. The summed E-state index contributed by atoms with van der Waals surface area (Å²) in [6.07, 6.45) is 127. The molecule has 0 bridgehead atoms. The minimum absolute atomic E-state index is 0.0767. The fourth-order valence-electron chi connectivity index (χ4n) is 12.2. The maximum Gasteiger partial charge on any atom is 0.472 e. The van der Waals surface area contributed by atoms with Gasteiger partial charge in [0.1, 0.15) is 25.4 Å². The van der Waals surface area contributed by atoms with Gasteiger partial charge in [-0.2, -0.15) is 0 Å². The second kappa shape index (κ2) is 93.0. The van der Waals surface area contributed by atoms with Gasteiger partial charge in [0, 0.05) is 19.3 Å². The summed E-state index contributed by atoms with van der Waals surface area (Å²) in [5, 5.41) is 20.8. The topological polar surface area (TPSA) is 231 Å². The SMILES string of the molecule is CC/C=C\C/C=C\C/C=C\C/C=C\C/C=C\C/C=C\CCCCCCCCCCCCCCCCC(=O)OCC(O)COP(=O)(O)OCC(O)COP(=O)(O)OCC(COC(=O)CCCCCCCCCC/C=C\C/C=C\C/C=C\C/C=C\C/C=C\C/C=C\CC)OC(=O)CCCCCCCC/C=C\C/C=C\C/C=C\C/C=C\C/C=C\C/C=C\CC. The molecular formula is C103H168O16P2. The summed E-state index contributed by atoms with van der Waals surface area (Å²) in [5.74, 6) is -1.61. The molecule has 0 saturated heterocycles. The predicted molar refractivity (Wildman–Crippen MR) is 509 cm³/mol. The number of allylic oxidation sites excluding steroid dienone is 36. The lowest BCUT2D eigenvalue weighted by Crippen LogP contribution is -2.30. The summed E-state index contributed by atoms with van der Waals surface area (Å²) in [4.78, 5) is 59.1. The lowest BCUT2D eigenvalue weighted by molar-refractivity contribution is -0.161. The summed E-state index contributed by atoms with van der Waals surface area (Å²) in [6, 6.07) is 0. The molecule has 0 radical (unpaired) electrons. The molecule has 5 unspecified atom stereocenters. The van der Waals surface area contributed by atoms with E-state index in [1.54, 1.807) is 0 Å². The van der Waals surface area contributed by atoms with Crippen LogP contribution in [0.15, 0.2) is 219 Å². The van der Waals surface area contributed by atoms with Gasteiger partial charge in [0.15, 0.2) is 6.10 Å². The number of esters is 3.